The van der Waals surface area contributed by atoms with Crippen molar-refractivity contribution in [1.29, 1.82) is 0 Å². The molecule has 1 saturated carbocycles. The van der Waals surface area contributed by atoms with Crippen molar-refractivity contribution in [1.82, 2.24) is 5.32 Å². The average Bonchev–Trinajstić information content (AvgIpc) is 2.31. The maximum absolute atomic E-state index is 11.2. The molecule has 0 aromatic carbocycles. The fourth-order valence-electron chi connectivity index (χ4n) is 1.80. The average molecular weight is 201 g/mol. The van der Waals surface area contributed by atoms with Gasteiger partial charge in [0.2, 0.25) is 5.91 Å². The molecule has 1 N–H and O–H groups in total. The van der Waals surface area contributed by atoms with Crippen LogP contribution in [0.1, 0.15) is 45.4 Å². The Bertz CT molecular complexity index is 172. The van der Waals surface area contributed by atoms with Gasteiger partial charge in [0.25, 0.3) is 0 Å². The number of rotatable bonds is 2. The Balaban J connectivity index is 2.29. The van der Waals surface area contributed by atoms with Crippen molar-refractivity contribution in [3.8, 4) is 0 Å². The summed E-state index contributed by atoms with van der Waals surface area (Å²) in [6.07, 6.45) is 6.71. The Morgan fingerprint density at radius 2 is 2.15 bits per heavy atom. The molecule has 13 heavy (non-hydrogen) atoms. The molecule has 76 valence electrons. The van der Waals surface area contributed by atoms with Crippen LogP contribution in [0.15, 0.2) is 0 Å². The van der Waals surface area contributed by atoms with Gasteiger partial charge in [0.1, 0.15) is 0 Å². The molecule has 2 unspecified atom stereocenters. The molecule has 3 heteroatoms. The molecule has 0 radical (unpaired) electrons. The molecule has 0 aromatic rings. The summed E-state index contributed by atoms with van der Waals surface area (Å²) in [6.45, 7) is 1.91. The third-order valence-corrected chi connectivity index (χ3v) is 3.37. The van der Waals surface area contributed by atoms with Gasteiger partial charge in [-0.15, -0.1) is 9.24 Å². The number of nitrogens with one attached hydrogen (secondary N) is 1. The minimum absolute atomic E-state index is 0.201. The summed E-state index contributed by atoms with van der Waals surface area (Å²) in [5.41, 5.74) is 0.767. The minimum Gasteiger partial charge on any atom is -0.353 e. The number of hydrogen-bond acceptors (Lipinski definition) is 1. The molecule has 0 bridgehead atoms. The first-order chi connectivity index (χ1) is 6.22. The maximum atomic E-state index is 11.2. The predicted octanol–water partition coefficient (Wildman–Crippen LogP) is 2.09. The molecule has 1 rings (SSSR count). The Labute approximate surface area is 83.1 Å². The highest BCUT2D eigenvalue weighted by Crippen LogP contribution is 2.23. The Morgan fingerprint density at radius 3 is 2.85 bits per heavy atom. The largest absolute Gasteiger partial charge is 0.353 e. The zero-order valence-electron chi connectivity index (χ0n) is 8.38. The molecule has 1 amide bonds. The molecule has 0 aromatic heterocycles. The second-order valence-electron chi connectivity index (χ2n) is 3.89. The van der Waals surface area contributed by atoms with Crippen molar-refractivity contribution < 1.29 is 4.79 Å². The van der Waals surface area contributed by atoms with E-state index in [9.17, 15) is 4.79 Å². The van der Waals surface area contributed by atoms with Crippen molar-refractivity contribution >= 4 is 15.1 Å². The van der Waals surface area contributed by atoms with E-state index in [1.165, 1.54) is 19.3 Å². The van der Waals surface area contributed by atoms with E-state index in [1.807, 2.05) is 6.92 Å². The van der Waals surface area contributed by atoms with E-state index in [4.69, 9.17) is 0 Å². The van der Waals surface area contributed by atoms with Crippen molar-refractivity contribution in [3.63, 3.8) is 0 Å². The third kappa shape index (κ3) is 4.08. The Morgan fingerprint density at radius 1 is 1.38 bits per heavy atom. The lowest BCUT2D eigenvalue weighted by molar-refractivity contribution is -0.121. The van der Waals surface area contributed by atoms with Crippen LogP contribution in [-0.2, 0) is 4.79 Å². The molecule has 1 aliphatic carbocycles. The van der Waals surface area contributed by atoms with Gasteiger partial charge in [-0.1, -0.05) is 13.3 Å². The maximum Gasteiger partial charge on any atom is 0.219 e. The van der Waals surface area contributed by atoms with Crippen molar-refractivity contribution in [3.05, 3.63) is 0 Å². The van der Waals surface area contributed by atoms with E-state index >= 15 is 0 Å². The molecule has 1 aliphatic rings. The molecular formula is C10H20NOP. The third-order valence-electron chi connectivity index (χ3n) is 2.70. The molecule has 3 atom stereocenters. The number of carbonyl (C=O) groups is 1. The zero-order chi connectivity index (χ0) is 9.68. The van der Waals surface area contributed by atoms with Crippen LogP contribution in [-0.4, -0.2) is 17.6 Å². The van der Waals surface area contributed by atoms with Crippen molar-refractivity contribution in [2.75, 3.05) is 0 Å². The van der Waals surface area contributed by atoms with E-state index in [2.05, 4.69) is 14.6 Å². The van der Waals surface area contributed by atoms with E-state index in [0.29, 0.717) is 12.5 Å². The minimum atomic E-state index is 0.201. The van der Waals surface area contributed by atoms with Gasteiger partial charge in [0.15, 0.2) is 0 Å². The van der Waals surface area contributed by atoms with E-state index in [-0.39, 0.29) is 5.91 Å². The van der Waals surface area contributed by atoms with Crippen LogP contribution in [0, 0.1) is 0 Å². The molecule has 1 fully saturated rings. The van der Waals surface area contributed by atoms with Crippen molar-refractivity contribution in [2.24, 2.45) is 0 Å². The number of hydrogen-bond donors (Lipinski definition) is 1. The van der Waals surface area contributed by atoms with E-state index < -0.39 is 0 Å². The van der Waals surface area contributed by atoms with Crippen LogP contribution >= 0.6 is 9.24 Å². The smallest absolute Gasteiger partial charge is 0.219 e. The van der Waals surface area contributed by atoms with Gasteiger partial charge in [-0.2, -0.15) is 0 Å². The zero-order valence-corrected chi connectivity index (χ0v) is 9.54. The first kappa shape index (κ1) is 11.0. The van der Waals surface area contributed by atoms with Gasteiger partial charge in [-0.25, -0.2) is 0 Å². The fraction of sp³-hybridized carbons (Fsp3) is 0.900. The Kier molecular flexibility index (Phi) is 4.72. The number of carbonyl (C=O) groups excluding carboxylic acids is 1. The summed E-state index contributed by atoms with van der Waals surface area (Å²) < 4.78 is 0. The summed E-state index contributed by atoms with van der Waals surface area (Å²) in [7, 11) is 2.90. The first-order valence-corrected chi connectivity index (χ1v) is 5.94. The van der Waals surface area contributed by atoms with E-state index in [0.717, 1.165) is 18.5 Å². The topological polar surface area (TPSA) is 29.1 Å². The SMILES string of the molecule is CCC(=O)NC1CCC[C@H](P)CC1. The van der Waals surface area contributed by atoms with Crippen LogP contribution < -0.4 is 5.32 Å². The van der Waals surface area contributed by atoms with Gasteiger partial charge >= 0.3 is 0 Å². The summed E-state index contributed by atoms with van der Waals surface area (Å²) in [5.74, 6) is 0.201. The van der Waals surface area contributed by atoms with Crippen LogP contribution in [0.2, 0.25) is 0 Å². The van der Waals surface area contributed by atoms with Crippen molar-refractivity contribution in [2.45, 2.75) is 57.1 Å². The second kappa shape index (κ2) is 5.59. The lowest BCUT2D eigenvalue weighted by Gasteiger charge is -2.15. The molecule has 0 saturated heterocycles. The first-order valence-electron chi connectivity index (χ1n) is 5.27. The summed E-state index contributed by atoms with van der Waals surface area (Å²) in [4.78, 5) is 11.2. The van der Waals surface area contributed by atoms with Crippen LogP contribution in [0.3, 0.4) is 0 Å². The molecular weight excluding hydrogens is 181 g/mol. The highest BCUT2D eigenvalue weighted by molar-refractivity contribution is 7.17. The molecule has 0 heterocycles. The predicted molar refractivity (Wildman–Crippen MR) is 58.8 cm³/mol. The normalized spacial score (nSPS) is 29.4. The summed E-state index contributed by atoms with van der Waals surface area (Å²) >= 11 is 0. The quantitative estimate of drug-likeness (QED) is 0.538. The lowest BCUT2D eigenvalue weighted by atomic mass is 10.1. The Hall–Kier alpha value is -0.100. The van der Waals surface area contributed by atoms with Gasteiger partial charge in [0, 0.05) is 12.5 Å². The molecule has 0 aliphatic heterocycles. The summed E-state index contributed by atoms with van der Waals surface area (Å²) in [6, 6.07) is 0.443. The summed E-state index contributed by atoms with van der Waals surface area (Å²) in [5, 5.41) is 3.08. The standard InChI is InChI=1S/C10H20NOP/c1-2-10(12)11-8-4-3-5-9(13)7-6-8/h8-9H,2-7,13H2,1H3,(H,11,12)/t8?,9-/m0/s1. The van der Waals surface area contributed by atoms with Gasteiger partial charge < -0.3 is 5.32 Å². The lowest BCUT2D eigenvalue weighted by Crippen LogP contribution is -2.33. The molecule has 0 spiro atoms. The number of amides is 1. The highest BCUT2D eigenvalue weighted by Gasteiger charge is 2.16. The van der Waals surface area contributed by atoms with E-state index in [1.54, 1.807) is 0 Å². The molecule has 2 nitrogen and oxygen atoms in total. The van der Waals surface area contributed by atoms with Gasteiger partial charge in [-0.05, 0) is 31.3 Å². The van der Waals surface area contributed by atoms with Crippen LogP contribution in [0.25, 0.3) is 0 Å². The van der Waals surface area contributed by atoms with Crippen LogP contribution in [0.5, 0.6) is 0 Å². The fourth-order valence-corrected chi connectivity index (χ4v) is 2.23. The van der Waals surface area contributed by atoms with Gasteiger partial charge in [-0.3, -0.25) is 4.79 Å². The second-order valence-corrected chi connectivity index (χ2v) is 4.83. The van der Waals surface area contributed by atoms with Crippen LogP contribution in [0.4, 0.5) is 0 Å². The van der Waals surface area contributed by atoms with Gasteiger partial charge in [0.05, 0.1) is 0 Å². The monoisotopic (exact) mass is 201 g/mol. The highest BCUT2D eigenvalue weighted by atomic mass is 31.0.